The smallest absolute Gasteiger partial charge is 0.301 e. The Balaban J connectivity index is 2.31. The number of hydrazine groups is 1. The monoisotopic (exact) mass is 407 g/mol. The van der Waals surface area contributed by atoms with Crippen molar-refractivity contribution in [3.8, 4) is 0 Å². The van der Waals surface area contributed by atoms with Gasteiger partial charge in [0.2, 0.25) is 3.79 Å². The summed E-state index contributed by atoms with van der Waals surface area (Å²) in [6.07, 6.45) is 6.35. The molecule has 10 heteroatoms. The van der Waals surface area contributed by atoms with Crippen LogP contribution in [-0.4, -0.2) is 18.5 Å². The largest absolute Gasteiger partial charge is 0.465 e. The highest BCUT2D eigenvalue weighted by molar-refractivity contribution is 6.69. The van der Waals surface area contributed by atoms with E-state index in [0.29, 0.717) is 11.5 Å². The molecule has 0 bridgehead atoms. The summed E-state index contributed by atoms with van der Waals surface area (Å²) in [6.45, 7) is 0. The average Bonchev–Trinajstić information content (AvgIpc) is 2.87. The van der Waals surface area contributed by atoms with Gasteiger partial charge in [-0.25, -0.2) is 0 Å². The Morgan fingerprint density at radius 1 is 1.14 bits per heavy atom. The van der Waals surface area contributed by atoms with E-state index in [2.05, 4.69) is 10.5 Å². The zero-order valence-corrected chi connectivity index (χ0v) is 14.6. The van der Waals surface area contributed by atoms with E-state index in [-0.39, 0.29) is 5.70 Å². The highest BCUT2D eigenvalue weighted by atomic mass is 35.6. The lowest BCUT2D eigenvalue weighted by Crippen LogP contribution is -2.47. The Morgan fingerprint density at radius 2 is 1.86 bits per heavy atom. The minimum absolute atomic E-state index is 0.188. The van der Waals surface area contributed by atoms with Crippen LogP contribution in [0.4, 0.5) is 0 Å². The van der Waals surface area contributed by atoms with E-state index in [1.165, 1.54) is 6.08 Å². The van der Waals surface area contributed by atoms with Crippen molar-refractivity contribution < 1.29 is 4.42 Å². The fourth-order valence-corrected chi connectivity index (χ4v) is 1.89. The number of halogens is 6. The van der Waals surface area contributed by atoms with E-state index in [4.69, 9.17) is 74.0 Å². The van der Waals surface area contributed by atoms with Gasteiger partial charge in [-0.2, -0.15) is 10.2 Å². The number of hydrogen-bond donors (Lipinski definition) is 1. The van der Waals surface area contributed by atoms with Crippen molar-refractivity contribution >= 4 is 81.4 Å². The molecule has 21 heavy (non-hydrogen) atoms. The van der Waals surface area contributed by atoms with Gasteiger partial charge in [-0.3, -0.25) is 5.43 Å². The Labute approximate surface area is 150 Å². The molecule has 0 fully saturated rings. The summed E-state index contributed by atoms with van der Waals surface area (Å²) >= 11 is 34.9. The standard InChI is InChI=1S/C11H7Cl6N3O/c12-10(13,14)9-6-7(3-4-8-2-1-5-21-8)18-20(19-9)11(15,16)17/h1-6,19H. The van der Waals surface area contributed by atoms with Gasteiger partial charge < -0.3 is 4.42 Å². The average molecular weight is 410 g/mol. The highest BCUT2D eigenvalue weighted by Gasteiger charge is 2.36. The summed E-state index contributed by atoms with van der Waals surface area (Å²) in [5.74, 6) is 0.625. The molecule has 2 rings (SSSR count). The van der Waals surface area contributed by atoms with Crippen molar-refractivity contribution in [2.24, 2.45) is 5.10 Å². The fraction of sp³-hybridized carbons (Fsp3) is 0.182. The van der Waals surface area contributed by atoms with Gasteiger partial charge in [-0.1, -0.05) is 69.6 Å². The van der Waals surface area contributed by atoms with Gasteiger partial charge in [0.15, 0.2) is 0 Å². The summed E-state index contributed by atoms with van der Waals surface area (Å²) in [6, 6.07) is 3.52. The fourth-order valence-electron chi connectivity index (χ4n) is 1.36. The predicted molar refractivity (Wildman–Crippen MR) is 88.8 cm³/mol. The molecular formula is C11H7Cl6N3O. The Morgan fingerprint density at radius 3 is 2.38 bits per heavy atom. The van der Waals surface area contributed by atoms with Crippen LogP contribution in [0, 0.1) is 0 Å². The van der Waals surface area contributed by atoms with Crippen molar-refractivity contribution in [1.82, 2.24) is 10.5 Å². The highest BCUT2D eigenvalue weighted by Crippen LogP contribution is 2.37. The number of hydrazone groups is 1. The lowest BCUT2D eigenvalue weighted by Gasteiger charge is -2.33. The summed E-state index contributed by atoms with van der Waals surface area (Å²) in [4.78, 5) is 0. The molecule has 0 saturated heterocycles. The van der Waals surface area contributed by atoms with Crippen LogP contribution in [0.3, 0.4) is 0 Å². The van der Waals surface area contributed by atoms with Gasteiger partial charge in [0.1, 0.15) is 5.76 Å². The second kappa shape index (κ2) is 6.49. The van der Waals surface area contributed by atoms with Gasteiger partial charge in [0.05, 0.1) is 17.7 Å². The first kappa shape index (κ1) is 17.1. The summed E-state index contributed by atoms with van der Waals surface area (Å²) in [5, 5.41) is 5.03. The molecule has 0 aromatic carbocycles. The molecular weight excluding hydrogens is 403 g/mol. The number of alkyl halides is 6. The first-order valence-corrected chi connectivity index (χ1v) is 7.66. The van der Waals surface area contributed by atoms with E-state index in [0.717, 1.165) is 5.12 Å². The number of furan rings is 1. The van der Waals surface area contributed by atoms with E-state index < -0.39 is 7.71 Å². The molecule has 1 aliphatic heterocycles. The van der Waals surface area contributed by atoms with Gasteiger partial charge in [0, 0.05) is 0 Å². The molecule has 1 aliphatic rings. The van der Waals surface area contributed by atoms with E-state index in [9.17, 15) is 0 Å². The maximum atomic E-state index is 5.84. The van der Waals surface area contributed by atoms with Crippen molar-refractivity contribution in [2.45, 2.75) is 7.71 Å². The SMILES string of the molecule is ClC(Cl)(Cl)C1=CC(C=Cc2ccco2)=NN(C(Cl)(Cl)Cl)N1. The molecule has 4 nitrogen and oxygen atoms in total. The van der Waals surface area contributed by atoms with Crippen LogP contribution in [0.5, 0.6) is 0 Å². The Kier molecular flexibility index (Phi) is 5.29. The maximum absolute atomic E-state index is 5.84. The second-order valence-corrected chi connectivity index (χ2v) is 8.32. The molecule has 0 spiro atoms. The lowest BCUT2D eigenvalue weighted by atomic mass is 10.2. The second-order valence-electron chi connectivity index (χ2n) is 3.82. The third-order valence-corrected chi connectivity index (χ3v) is 3.33. The van der Waals surface area contributed by atoms with E-state index in [1.807, 2.05) is 0 Å². The van der Waals surface area contributed by atoms with Crippen LogP contribution in [0.25, 0.3) is 6.08 Å². The van der Waals surface area contributed by atoms with Crippen LogP contribution in [0.1, 0.15) is 5.76 Å². The Bertz CT molecular complexity index is 582. The third-order valence-electron chi connectivity index (χ3n) is 2.24. The minimum Gasteiger partial charge on any atom is -0.465 e. The molecule has 1 aromatic rings. The molecule has 2 heterocycles. The first-order chi connectivity index (χ1) is 9.66. The zero-order valence-electron chi connectivity index (χ0n) is 10.0. The molecule has 0 radical (unpaired) electrons. The van der Waals surface area contributed by atoms with Crippen molar-refractivity contribution in [3.63, 3.8) is 0 Å². The summed E-state index contributed by atoms with van der Waals surface area (Å²) in [5.41, 5.74) is 3.20. The number of nitrogens with one attached hydrogen (secondary N) is 1. The zero-order chi connectivity index (χ0) is 15.7. The van der Waals surface area contributed by atoms with Crippen molar-refractivity contribution in [2.75, 3.05) is 0 Å². The van der Waals surface area contributed by atoms with Crippen LogP contribution in [0.15, 0.2) is 45.8 Å². The van der Waals surface area contributed by atoms with E-state index >= 15 is 0 Å². The van der Waals surface area contributed by atoms with Crippen molar-refractivity contribution in [3.05, 3.63) is 42.0 Å². The molecule has 0 saturated carbocycles. The minimum atomic E-state index is -1.86. The van der Waals surface area contributed by atoms with Gasteiger partial charge in [-0.15, -0.1) is 0 Å². The number of hydrogen-bond acceptors (Lipinski definition) is 4. The lowest BCUT2D eigenvalue weighted by molar-refractivity contribution is 0.216. The summed E-state index contributed by atoms with van der Waals surface area (Å²) in [7, 11) is 0. The molecule has 0 unspecified atom stereocenters. The number of nitrogens with zero attached hydrogens (tertiary/aromatic N) is 2. The van der Waals surface area contributed by atoms with Crippen LogP contribution in [0.2, 0.25) is 0 Å². The molecule has 0 amide bonds. The quantitative estimate of drug-likeness (QED) is 0.548. The first-order valence-electron chi connectivity index (χ1n) is 5.39. The molecule has 0 aliphatic carbocycles. The predicted octanol–water partition coefficient (Wildman–Crippen LogP) is 5.05. The third kappa shape index (κ3) is 4.88. The van der Waals surface area contributed by atoms with Crippen molar-refractivity contribution in [1.29, 1.82) is 0 Å². The molecule has 1 aromatic heterocycles. The normalized spacial score (nSPS) is 16.8. The topological polar surface area (TPSA) is 40.8 Å². The van der Waals surface area contributed by atoms with Gasteiger partial charge in [-0.05, 0) is 30.4 Å². The molecule has 114 valence electrons. The maximum Gasteiger partial charge on any atom is 0.301 e. The van der Waals surface area contributed by atoms with Crippen LogP contribution in [-0.2, 0) is 0 Å². The number of rotatable bonds is 2. The molecule has 1 N–H and O–H groups in total. The molecule has 0 atom stereocenters. The van der Waals surface area contributed by atoms with Gasteiger partial charge in [0.25, 0.3) is 0 Å². The van der Waals surface area contributed by atoms with E-state index in [1.54, 1.807) is 30.5 Å². The van der Waals surface area contributed by atoms with Crippen LogP contribution < -0.4 is 5.43 Å². The Hall–Kier alpha value is -0.230. The number of allylic oxidation sites excluding steroid dienone is 3. The van der Waals surface area contributed by atoms with Gasteiger partial charge >= 0.3 is 3.92 Å². The van der Waals surface area contributed by atoms with Crippen LogP contribution >= 0.6 is 69.6 Å². The summed E-state index contributed by atoms with van der Waals surface area (Å²) < 4.78 is 1.57.